The van der Waals surface area contributed by atoms with Crippen molar-refractivity contribution in [1.29, 1.82) is 0 Å². The van der Waals surface area contributed by atoms with E-state index in [2.05, 4.69) is 9.72 Å². The van der Waals surface area contributed by atoms with Crippen molar-refractivity contribution in [2.24, 2.45) is 0 Å². The second kappa shape index (κ2) is 4.23. The molecular formula is C9H8F5NO. The Labute approximate surface area is 88.1 Å². The molecule has 0 amide bonds. The van der Waals surface area contributed by atoms with Gasteiger partial charge in [0.2, 0.25) is 0 Å². The fraction of sp³-hybridized carbons (Fsp3) is 0.444. The molecule has 90 valence electrons. The maximum Gasteiger partial charge on any atom is 0.420 e. The number of methoxy groups -OCH3 is 1. The zero-order chi connectivity index (χ0) is 12.5. The van der Waals surface area contributed by atoms with E-state index in [1.54, 1.807) is 0 Å². The molecule has 0 radical (unpaired) electrons. The predicted molar refractivity (Wildman–Crippen MR) is 45.5 cm³/mol. The molecule has 1 aromatic heterocycles. The van der Waals surface area contributed by atoms with Crippen LogP contribution in [0.4, 0.5) is 22.0 Å². The van der Waals surface area contributed by atoms with E-state index < -0.39 is 29.5 Å². The first-order valence-electron chi connectivity index (χ1n) is 4.17. The Morgan fingerprint density at radius 2 is 1.88 bits per heavy atom. The monoisotopic (exact) mass is 241 g/mol. The van der Waals surface area contributed by atoms with Gasteiger partial charge in [0.15, 0.2) is 5.75 Å². The molecule has 0 aromatic carbocycles. The highest BCUT2D eigenvalue weighted by Crippen LogP contribution is 2.42. The van der Waals surface area contributed by atoms with Crippen molar-refractivity contribution in [2.75, 3.05) is 7.11 Å². The van der Waals surface area contributed by atoms with Crippen LogP contribution in [0.2, 0.25) is 0 Å². The molecule has 1 rings (SSSR count). The molecular weight excluding hydrogens is 233 g/mol. The quantitative estimate of drug-likeness (QED) is 0.740. The molecule has 0 bridgehead atoms. The van der Waals surface area contributed by atoms with Crippen LogP contribution in [0.5, 0.6) is 5.75 Å². The summed E-state index contributed by atoms with van der Waals surface area (Å²) in [5.41, 5.74) is -2.72. The molecule has 0 atom stereocenters. The second-order valence-electron chi connectivity index (χ2n) is 3.01. The first-order valence-corrected chi connectivity index (χ1v) is 4.17. The molecule has 2 nitrogen and oxygen atoms in total. The predicted octanol–water partition coefficient (Wildman–Crippen LogP) is 3.36. The third kappa shape index (κ3) is 2.23. The fourth-order valence-corrected chi connectivity index (χ4v) is 1.31. The lowest BCUT2D eigenvalue weighted by Gasteiger charge is -2.17. The van der Waals surface area contributed by atoms with E-state index in [1.807, 2.05) is 0 Å². The van der Waals surface area contributed by atoms with Crippen molar-refractivity contribution >= 4 is 0 Å². The van der Waals surface area contributed by atoms with Gasteiger partial charge in [0.05, 0.1) is 18.4 Å². The molecule has 0 fully saturated rings. The average molecular weight is 241 g/mol. The minimum atomic E-state index is -4.90. The highest BCUT2D eigenvalue weighted by molar-refractivity contribution is 5.44. The van der Waals surface area contributed by atoms with Crippen molar-refractivity contribution in [3.63, 3.8) is 0 Å². The lowest BCUT2D eigenvalue weighted by molar-refractivity contribution is -0.140. The van der Waals surface area contributed by atoms with Crippen LogP contribution in [-0.4, -0.2) is 12.1 Å². The number of rotatable bonds is 2. The summed E-state index contributed by atoms with van der Waals surface area (Å²) in [6.45, 7) is 1.25. The molecule has 0 saturated carbocycles. The van der Waals surface area contributed by atoms with Crippen LogP contribution in [0.1, 0.15) is 23.2 Å². The van der Waals surface area contributed by atoms with Gasteiger partial charge < -0.3 is 4.74 Å². The van der Waals surface area contributed by atoms with E-state index in [4.69, 9.17) is 0 Å². The molecule has 0 aliphatic heterocycles. The topological polar surface area (TPSA) is 22.1 Å². The lowest BCUT2D eigenvalue weighted by Crippen LogP contribution is -2.13. The van der Waals surface area contributed by atoms with Gasteiger partial charge in [0.25, 0.3) is 6.43 Å². The molecule has 16 heavy (non-hydrogen) atoms. The SMILES string of the molecule is COc1c(C)ncc(C(F)F)c1C(F)(F)F. The Hall–Kier alpha value is -1.40. The summed E-state index contributed by atoms with van der Waals surface area (Å²) in [5.74, 6) is -0.662. The Morgan fingerprint density at radius 3 is 2.25 bits per heavy atom. The molecule has 0 aliphatic rings. The zero-order valence-corrected chi connectivity index (χ0v) is 8.40. The number of hydrogen-bond donors (Lipinski definition) is 0. The average Bonchev–Trinajstić information content (AvgIpc) is 2.15. The maximum atomic E-state index is 12.6. The molecule has 1 aromatic rings. The van der Waals surface area contributed by atoms with Crippen LogP contribution < -0.4 is 4.74 Å². The Balaban J connectivity index is 3.54. The molecule has 7 heteroatoms. The largest absolute Gasteiger partial charge is 0.494 e. The Bertz CT molecular complexity index is 388. The van der Waals surface area contributed by atoms with E-state index in [0.29, 0.717) is 6.20 Å². The number of nitrogens with zero attached hydrogens (tertiary/aromatic N) is 1. The lowest BCUT2D eigenvalue weighted by atomic mass is 10.1. The molecule has 0 aliphatic carbocycles. The molecule has 1 heterocycles. The highest BCUT2D eigenvalue weighted by Gasteiger charge is 2.40. The highest BCUT2D eigenvalue weighted by atomic mass is 19.4. The van der Waals surface area contributed by atoms with E-state index in [-0.39, 0.29) is 5.69 Å². The smallest absolute Gasteiger partial charge is 0.420 e. The summed E-state index contributed by atoms with van der Waals surface area (Å²) in [4.78, 5) is 3.44. The van der Waals surface area contributed by atoms with Gasteiger partial charge in [-0.25, -0.2) is 8.78 Å². The van der Waals surface area contributed by atoms with E-state index in [9.17, 15) is 22.0 Å². The third-order valence-corrected chi connectivity index (χ3v) is 1.96. The van der Waals surface area contributed by atoms with Crippen LogP contribution in [0, 0.1) is 6.92 Å². The van der Waals surface area contributed by atoms with Crippen molar-refractivity contribution in [3.8, 4) is 5.75 Å². The minimum Gasteiger partial charge on any atom is -0.494 e. The van der Waals surface area contributed by atoms with E-state index in [0.717, 1.165) is 7.11 Å². The summed E-state index contributed by atoms with van der Waals surface area (Å²) < 4.78 is 67.1. The third-order valence-electron chi connectivity index (χ3n) is 1.96. The van der Waals surface area contributed by atoms with Crippen molar-refractivity contribution in [1.82, 2.24) is 4.98 Å². The minimum absolute atomic E-state index is 0.0841. The van der Waals surface area contributed by atoms with Gasteiger partial charge in [-0.05, 0) is 6.92 Å². The van der Waals surface area contributed by atoms with Gasteiger partial charge in [0.1, 0.15) is 5.56 Å². The van der Waals surface area contributed by atoms with Crippen molar-refractivity contribution in [2.45, 2.75) is 19.5 Å². The summed E-state index contributed by atoms with van der Waals surface area (Å²) in [6, 6.07) is 0. The summed E-state index contributed by atoms with van der Waals surface area (Å²) >= 11 is 0. The fourth-order valence-electron chi connectivity index (χ4n) is 1.31. The van der Waals surface area contributed by atoms with Gasteiger partial charge >= 0.3 is 6.18 Å². The van der Waals surface area contributed by atoms with Crippen LogP contribution in [0.25, 0.3) is 0 Å². The standard InChI is InChI=1S/C9H8F5NO/c1-4-7(16-2)6(9(12,13)14)5(3-15-4)8(10)11/h3,8H,1-2H3. The first-order chi connectivity index (χ1) is 7.29. The second-order valence-corrected chi connectivity index (χ2v) is 3.01. The number of hydrogen-bond acceptors (Lipinski definition) is 2. The van der Waals surface area contributed by atoms with E-state index in [1.165, 1.54) is 6.92 Å². The Morgan fingerprint density at radius 1 is 1.31 bits per heavy atom. The summed E-state index contributed by atoms with van der Waals surface area (Å²) in [5, 5.41) is 0. The number of aromatic nitrogens is 1. The number of aryl methyl sites for hydroxylation is 1. The molecule has 0 spiro atoms. The van der Waals surface area contributed by atoms with Crippen molar-refractivity contribution in [3.05, 3.63) is 23.0 Å². The number of ether oxygens (including phenoxy) is 1. The molecule has 0 unspecified atom stereocenters. The van der Waals surface area contributed by atoms with Gasteiger partial charge in [-0.2, -0.15) is 13.2 Å². The van der Waals surface area contributed by atoms with Crippen LogP contribution in [0.15, 0.2) is 6.20 Å². The summed E-state index contributed by atoms with van der Waals surface area (Å²) in [6.07, 6.45) is -7.63. The van der Waals surface area contributed by atoms with Gasteiger partial charge in [-0.15, -0.1) is 0 Å². The maximum absolute atomic E-state index is 12.6. The van der Waals surface area contributed by atoms with Crippen LogP contribution in [0.3, 0.4) is 0 Å². The van der Waals surface area contributed by atoms with Crippen LogP contribution >= 0.6 is 0 Å². The summed E-state index contributed by atoms with van der Waals surface area (Å²) in [7, 11) is 0.981. The number of halogens is 5. The van der Waals surface area contributed by atoms with Gasteiger partial charge in [0, 0.05) is 6.20 Å². The normalized spacial score (nSPS) is 12.0. The van der Waals surface area contributed by atoms with Gasteiger partial charge in [-0.3, -0.25) is 4.98 Å². The molecule has 0 saturated heterocycles. The van der Waals surface area contributed by atoms with Gasteiger partial charge in [-0.1, -0.05) is 0 Å². The van der Waals surface area contributed by atoms with E-state index >= 15 is 0 Å². The zero-order valence-electron chi connectivity index (χ0n) is 8.40. The molecule has 0 N–H and O–H groups in total. The van der Waals surface area contributed by atoms with Crippen LogP contribution in [-0.2, 0) is 6.18 Å². The van der Waals surface area contributed by atoms with Crippen molar-refractivity contribution < 1.29 is 26.7 Å². The number of alkyl halides is 5. The Kier molecular flexibility index (Phi) is 3.35. The first kappa shape index (κ1) is 12.7. The number of pyridine rings is 1.